The third kappa shape index (κ3) is 4.77. The summed E-state index contributed by atoms with van der Waals surface area (Å²) in [6.45, 7) is 3.44. The highest BCUT2D eigenvalue weighted by molar-refractivity contribution is 6.30. The van der Waals surface area contributed by atoms with Crippen molar-refractivity contribution in [2.24, 2.45) is 5.92 Å². The Morgan fingerprint density at radius 1 is 1.16 bits per heavy atom. The lowest BCUT2D eigenvalue weighted by molar-refractivity contribution is -0.126. The molecular weight excluding hydrogens is 414 g/mol. The van der Waals surface area contributed by atoms with E-state index in [1.165, 1.54) is 0 Å². The third-order valence-electron chi connectivity index (χ3n) is 5.64. The molecule has 2 amide bonds. The molecule has 3 heterocycles. The lowest BCUT2D eigenvalue weighted by Crippen LogP contribution is -2.43. The summed E-state index contributed by atoms with van der Waals surface area (Å²) >= 11 is 6.08. The number of aromatic nitrogens is 3. The van der Waals surface area contributed by atoms with Crippen molar-refractivity contribution < 1.29 is 9.59 Å². The molecule has 7 nitrogen and oxygen atoms in total. The highest BCUT2D eigenvalue weighted by Gasteiger charge is 2.29. The molecule has 0 aliphatic carbocycles. The molecule has 8 heteroatoms. The molecule has 31 heavy (non-hydrogen) atoms. The molecule has 0 spiro atoms. The molecule has 160 valence electrons. The zero-order valence-electron chi connectivity index (χ0n) is 17.3. The van der Waals surface area contributed by atoms with Gasteiger partial charge < -0.3 is 10.2 Å². The molecule has 1 N–H and O–H groups in total. The second-order valence-corrected chi connectivity index (χ2v) is 8.12. The number of piperidine rings is 1. The average Bonchev–Trinajstić information content (AvgIpc) is 3.19. The summed E-state index contributed by atoms with van der Waals surface area (Å²) in [4.78, 5) is 31.4. The first-order chi connectivity index (χ1) is 15.0. The lowest BCUT2D eigenvalue weighted by Gasteiger charge is -2.31. The van der Waals surface area contributed by atoms with Gasteiger partial charge in [0.25, 0.3) is 5.91 Å². The monoisotopic (exact) mass is 437 g/mol. The second-order valence-electron chi connectivity index (χ2n) is 7.68. The van der Waals surface area contributed by atoms with Crippen LogP contribution in [0.1, 0.15) is 34.5 Å². The number of hydrogen-bond acceptors (Lipinski definition) is 4. The number of rotatable bonds is 5. The Balaban J connectivity index is 1.35. The summed E-state index contributed by atoms with van der Waals surface area (Å²) in [7, 11) is 0. The number of amides is 2. The summed E-state index contributed by atoms with van der Waals surface area (Å²) in [6, 6.07) is 11.1. The fourth-order valence-corrected chi connectivity index (χ4v) is 4.02. The van der Waals surface area contributed by atoms with Crippen molar-refractivity contribution in [3.8, 4) is 5.69 Å². The number of halogens is 1. The maximum atomic E-state index is 13.1. The number of nitrogens with zero attached hydrogens (tertiary/aromatic N) is 4. The summed E-state index contributed by atoms with van der Waals surface area (Å²) < 4.78 is 1.72. The highest BCUT2D eigenvalue weighted by Crippen LogP contribution is 2.22. The van der Waals surface area contributed by atoms with Crippen LogP contribution in [0.5, 0.6) is 0 Å². The van der Waals surface area contributed by atoms with E-state index >= 15 is 0 Å². The maximum Gasteiger partial charge on any atom is 0.257 e. The summed E-state index contributed by atoms with van der Waals surface area (Å²) in [6.07, 6.45) is 6.34. The first-order valence-electron chi connectivity index (χ1n) is 10.3. The van der Waals surface area contributed by atoms with E-state index in [1.54, 1.807) is 34.2 Å². The van der Waals surface area contributed by atoms with Gasteiger partial charge in [0.2, 0.25) is 5.91 Å². The highest BCUT2D eigenvalue weighted by atomic mass is 35.5. The van der Waals surface area contributed by atoms with Gasteiger partial charge in [-0.2, -0.15) is 5.10 Å². The van der Waals surface area contributed by atoms with Crippen LogP contribution in [0.3, 0.4) is 0 Å². The van der Waals surface area contributed by atoms with Crippen LogP contribution in [0.2, 0.25) is 5.02 Å². The second kappa shape index (κ2) is 9.31. The largest absolute Gasteiger partial charge is 0.352 e. The third-order valence-corrected chi connectivity index (χ3v) is 5.87. The quantitative estimate of drug-likeness (QED) is 0.663. The van der Waals surface area contributed by atoms with Gasteiger partial charge >= 0.3 is 0 Å². The molecule has 3 aromatic rings. The minimum absolute atomic E-state index is 0.0286. The van der Waals surface area contributed by atoms with Crippen molar-refractivity contribution in [2.75, 3.05) is 13.1 Å². The fraction of sp³-hybridized carbons (Fsp3) is 0.304. The van der Waals surface area contributed by atoms with Gasteiger partial charge in [0, 0.05) is 43.0 Å². The molecule has 1 saturated heterocycles. The molecule has 1 fully saturated rings. The Hall–Kier alpha value is -3.19. The molecule has 0 unspecified atom stereocenters. The van der Waals surface area contributed by atoms with Crippen molar-refractivity contribution in [3.05, 3.63) is 76.8 Å². The molecular formula is C23H24ClN5O2. The minimum Gasteiger partial charge on any atom is -0.352 e. The van der Waals surface area contributed by atoms with Crippen LogP contribution in [-0.2, 0) is 11.3 Å². The van der Waals surface area contributed by atoms with E-state index in [1.807, 2.05) is 37.3 Å². The Kier molecular flexibility index (Phi) is 6.32. The SMILES string of the molecule is Cc1c(C(=O)N2CCC(C(=O)NCc3cccnc3)CC2)cnn1-c1cccc(Cl)c1. The number of likely N-dealkylation sites (tertiary alicyclic amines) is 1. The zero-order chi connectivity index (χ0) is 21.8. The van der Waals surface area contributed by atoms with Gasteiger partial charge in [-0.3, -0.25) is 14.6 Å². The average molecular weight is 438 g/mol. The van der Waals surface area contributed by atoms with Gasteiger partial charge in [0.15, 0.2) is 0 Å². The molecule has 0 atom stereocenters. The topological polar surface area (TPSA) is 80.1 Å². The van der Waals surface area contributed by atoms with Gasteiger partial charge in [-0.15, -0.1) is 0 Å². The Morgan fingerprint density at radius 2 is 1.97 bits per heavy atom. The van der Waals surface area contributed by atoms with Crippen LogP contribution in [0.4, 0.5) is 0 Å². The van der Waals surface area contributed by atoms with Crippen LogP contribution in [0, 0.1) is 12.8 Å². The van der Waals surface area contributed by atoms with Crippen molar-refractivity contribution in [2.45, 2.75) is 26.3 Å². The van der Waals surface area contributed by atoms with Crippen molar-refractivity contribution >= 4 is 23.4 Å². The zero-order valence-corrected chi connectivity index (χ0v) is 18.0. The van der Waals surface area contributed by atoms with E-state index in [2.05, 4.69) is 15.4 Å². The number of benzene rings is 1. The van der Waals surface area contributed by atoms with Crippen LogP contribution in [0.25, 0.3) is 5.69 Å². The molecule has 4 rings (SSSR count). The molecule has 0 saturated carbocycles. The smallest absolute Gasteiger partial charge is 0.257 e. The Morgan fingerprint density at radius 3 is 2.68 bits per heavy atom. The molecule has 1 aromatic carbocycles. The number of carbonyl (C=O) groups excluding carboxylic acids is 2. The van der Waals surface area contributed by atoms with Gasteiger partial charge in [-0.25, -0.2) is 4.68 Å². The number of pyridine rings is 1. The van der Waals surface area contributed by atoms with Crippen molar-refractivity contribution in [3.63, 3.8) is 0 Å². The molecule has 1 aliphatic heterocycles. The van der Waals surface area contributed by atoms with E-state index in [0.29, 0.717) is 43.1 Å². The predicted octanol–water partition coefficient (Wildman–Crippen LogP) is 3.40. The van der Waals surface area contributed by atoms with E-state index < -0.39 is 0 Å². The molecule has 0 radical (unpaired) electrons. The first kappa shape index (κ1) is 21.1. The van der Waals surface area contributed by atoms with E-state index in [4.69, 9.17) is 11.6 Å². The van der Waals surface area contributed by atoms with Gasteiger partial charge in [-0.1, -0.05) is 23.7 Å². The number of nitrogens with one attached hydrogen (secondary N) is 1. The van der Waals surface area contributed by atoms with Gasteiger partial charge in [0.05, 0.1) is 23.1 Å². The lowest BCUT2D eigenvalue weighted by atomic mass is 9.95. The summed E-state index contributed by atoms with van der Waals surface area (Å²) in [5.41, 5.74) is 3.12. The minimum atomic E-state index is -0.0870. The van der Waals surface area contributed by atoms with Gasteiger partial charge in [-0.05, 0) is 49.6 Å². The van der Waals surface area contributed by atoms with E-state index in [-0.39, 0.29) is 17.7 Å². The Bertz CT molecular complexity index is 1070. The number of carbonyl (C=O) groups is 2. The van der Waals surface area contributed by atoms with E-state index in [0.717, 1.165) is 16.9 Å². The van der Waals surface area contributed by atoms with Crippen LogP contribution in [0.15, 0.2) is 55.0 Å². The van der Waals surface area contributed by atoms with Gasteiger partial charge in [0.1, 0.15) is 0 Å². The normalized spacial score (nSPS) is 14.5. The van der Waals surface area contributed by atoms with Crippen molar-refractivity contribution in [1.82, 2.24) is 25.0 Å². The first-order valence-corrected chi connectivity index (χ1v) is 10.7. The standard InChI is InChI=1S/C23H24ClN5O2/c1-16-21(15-27-29(16)20-6-2-5-19(24)12-20)23(31)28-10-7-18(8-11-28)22(30)26-14-17-4-3-9-25-13-17/h2-6,9,12-13,15,18H,7-8,10-11,14H2,1H3,(H,26,30). The van der Waals surface area contributed by atoms with Crippen LogP contribution < -0.4 is 5.32 Å². The molecule has 2 aromatic heterocycles. The summed E-state index contributed by atoms with van der Waals surface area (Å²) in [5.74, 6) is -0.114. The van der Waals surface area contributed by atoms with Crippen molar-refractivity contribution in [1.29, 1.82) is 0 Å². The maximum absolute atomic E-state index is 13.1. The van der Waals surface area contributed by atoms with Crippen LogP contribution >= 0.6 is 11.6 Å². The molecule has 1 aliphatic rings. The Labute approximate surface area is 186 Å². The van der Waals surface area contributed by atoms with Crippen LogP contribution in [-0.4, -0.2) is 44.6 Å². The summed E-state index contributed by atoms with van der Waals surface area (Å²) in [5, 5.41) is 7.97. The predicted molar refractivity (Wildman–Crippen MR) is 118 cm³/mol. The van der Waals surface area contributed by atoms with E-state index in [9.17, 15) is 9.59 Å². The fourth-order valence-electron chi connectivity index (χ4n) is 3.84. The molecule has 0 bridgehead atoms. The number of hydrogen-bond donors (Lipinski definition) is 1.